The number of rotatable bonds is 4. The molecule has 0 aromatic carbocycles. The zero-order valence-electron chi connectivity index (χ0n) is 15.0. The molecule has 1 aliphatic heterocycles. The van der Waals surface area contributed by atoms with E-state index in [-0.39, 0.29) is 0 Å². The summed E-state index contributed by atoms with van der Waals surface area (Å²) in [6.07, 6.45) is 1.47. The third kappa shape index (κ3) is 4.12. The molecule has 1 aliphatic rings. The molecule has 4 heterocycles. The van der Waals surface area contributed by atoms with Crippen LogP contribution < -0.4 is 10.2 Å². The van der Waals surface area contributed by atoms with Crippen molar-refractivity contribution in [2.45, 2.75) is 25.1 Å². The Kier molecular flexibility index (Phi) is 5.03. The summed E-state index contributed by atoms with van der Waals surface area (Å²) in [4.78, 5) is 30.0. The molecule has 1 saturated heterocycles. The van der Waals surface area contributed by atoms with Gasteiger partial charge in [0.05, 0.1) is 5.02 Å². The molecule has 0 radical (unpaired) electrons. The highest BCUT2D eigenvalue weighted by Gasteiger charge is 2.35. The van der Waals surface area contributed by atoms with Gasteiger partial charge in [0, 0.05) is 36.1 Å². The summed E-state index contributed by atoms with van der Waals surface area (Å²) in [6, 6.07) is 2.67. The number of carbonyl (C=O) groups excluding carboxylic acids is 1. The van der Waals surface area contributed by atoms with E-state index in [9.17, 15) is 18.0 Å². The minimum absolute atomic E-state index is 0.402. The molecule has 2 N–H and O–H groups in total. The lowest BCUT2D eigenvalue weighted by molar-refractivity contribution is -0.139. The van der Waals surface area contributed by atoms with Gasteiger partial charge in [-0.1, -0.05) is 11.6 Å². The molecule has 1 fully saturated rings. The van der Waals surface area contributed by atoms with Crippen molar-refractivity contribution in [3.63, 3.8) is 0 Å². The quantitative estimate of drug-likeness (QED) is 0.671. The van der Waals surface area contributed by atoms with Gasteiger partial charge in [-0.15, -0.1) is 0 Å². The van der Waals surface area contributed by atoms with E-state index >= 15 is 0 Å². The summed E-state index contributed by atoms with van der Waals surface area (Å²) in [5, 5.41) is 3.17. The second-order valence-corrected chi connectivity index (χ2v) is 7.11. The Morgan fingerprint density at radius 1 is 1.38 bits per heavy atom. The fraction of sp³-hybridized carbons (Fsp3) is 0.333. The zero-order chi connectivity index (χ0) is 20.6. The van der Waals surface area contributed by atoms with Gasteiger partial charge in [0.15, 0.2) is 5.82 Å². The highest BCUT2D eigenvalue weighted by Crippen LogP contribution is 2.30. The van der Waals surface area contributed by atoms with Gasteiger partial charge in [-0.3, -0.25) is 4.79 Å². The van der Waals surface area contributed by atoms with Gasteiger partial charge in [-0.2, -0.15) is 13.2 Å². The Morgan fingerprint density at radius 3 is 3.00 bits per heavy atom. The first-order valence-corrected chi connectivity index (χ1v) is 9.27. The Hall–Kier alpha value is -2.88. The molecule has 0 unspecified atom stereocenters. The van der Waals surface area contributed by atoms with Crippen LogP contribution in [0.1, 0.15) is 12.8 Å². The van der Waals surface area contributed by atoms with Crippen molar-refractivity contribution < 1.29 is 18.0 Å². The SMILES string of the molecule is O=C(NCC(F)(F)F)[C@H]1CCCN1c1ccnc(-c2c[nH]c3ncc(Cl)cc23)n1. The van der Waals surface area contributed by atoms with Gasteiger partial charge in [0.2, 0.25) is 5.91 Å². The number of alkyl halides is 3. The maximum absolute atomic E-state index is 12.4. The number of anilines is 1. The van der Waals surface area contributed by atoms with Gasteiger partial charge >= 0.3 is 6.18 Å². The van der Waals surface area contributed by atoms with E-state index in [0.29, 0.717) is 47.3 Å². The maximum atomic E-state index is 12.4. The number of H-pyrrole nitrogens is 1. The molecular formula is C18H16ClF3N6O. The van der Waals surface area contributed by atoms with E-state index in [1.807, 2.05) is 5.32 Å². The highest BCUT2D eigenvalue weighted by molar-refractivity contribution is 6.31. The van der Waals surface area contributed by atoms with Gasteiger partial charge < -0.3 is 15.2 Å². The Labute approximate surface area is 168 Å². The van der Waals surface area contributed by atoms with Gasteiger partial charge in [-0.25, -0.2) is 15.0 Å². The van der Waals surface area contributed by atoms with E-state index in [4.69, 9.17) is 11.6 Å². The van der Waals surface area contributed by atoms with Crippen molar-refractivity contribution >= 4 is 34.4 Å². The molecule has 1 atom stereocenters. The van der Waals surface area contributed by atoms with Gasteiger partial charge in [0.1, 0.15) is 24.1 Å². The number of hydrogen-bond donors (Lipinski definition) is 2. The van der Waals surface area contributed by atoms with Crippen LogP contribution in [0.25, 0.3) is 22.4 Å². The van der Waals surface area contributed by atoms with E-state index in [0.717, 1.165) is 5.39 Å². The molecule has 0 saturated carbocycles. The predicted octanol–water partition coefficient (Wildman–Crippen LogP) is 3.32. The molecular weight excluding hydrogens is 409 g/mol. The lowest BCUT2D eigenvalue weighted by atomic mass is 10.2. The Bertz CT molecular complexity index is 1050. The van der Waals surface area contributed by atoms with Crippen LogP contribution in [-0.2, 0) is 4.79 Å². The first-order chi connectivity index (χ1) is 13.8. The zero-order valence-corrected chi connectivity index (χ0v) is 15.8. The molecule has 3 aromatic heterocycles. The van der Waals surface area contributed by atoms with Crippen LogP contribution in [0, 0.1) is 0 Å². The van der Waals surface area contributed by atoms with Crippen molar-refractivity contribution in [1.29, 1.82) is 0 Å². The number of nitrogens with one attached hydrogen (secondary N) is 2. The normalized spacial score (nSPS) is 17.1. The first-order valence-electron chi connectivity index (χ1n) is 8.89. The van der Waals surface area contributed by atoms with Gasteiger partial charge in [-0.05, 0) is 25.0 Å². The molecule has 0 bridgehead atoms. The number of halogens is 4. The fourth-order valence-corrected chi connectivity index (χ4v) is 3.58. The molecule has 4 rings (SSSR count). The van der Waals surface area contributed by atoms with Crippen LogP contribution in [0.2, 0.25) is 5.02 Å². The minimum atomic E-state index is -4.45. The van der Waals surface area contributed by atoms with Crippen molar-refractivity contribution in [3.8, 4) is 11.4 Å². The van der Waals surface area contributed by atoms with Crippen LogP contribution in [0.5, 0.6) is 0 Å². The van der Waals surface area contributed by atoms with Crippen molar-refractivity contribution in [1.82, 2.24) is 25.3 Å². The third-order valence-electron chi connectivity index (χ3n) is 4.69. The summed E-state index contributed by atoms with van der Waals surface area (Å²) in [5.41, 5.74) is 1.32. The Balaban J connectivity index is 1.61. The maximum Gasteiger partial charge on any atom is 0.405 e. The lowest BCUT2D eigenvalue weighted by Crippen LogP contribution is -2.46. The average Bonchev–Trinajstić information content (AvgIpc) is 3.32. The average molecular weight is 425 g/mol. The van der Waals surface area contributed by atoms with Crippen LogP contribution in [-0.4, -0.2) is 51.2 Å². The third-order valence-corrected chi connectivity index (χ3v) is 4.90. The molecule has 11 heteroatoms. The van der Waals surface area contributed by atoms with Crippen LogP contribution in [0.4, 0.5) is 19.0 Å². The fourth-order valence-electron chi connectivity index (χ4n) is 3.42. The molecule has 0 spiro atoms. The predicted molar refractivity (Wildman–Crippen MR) is 102 cm³/mol. The number of aromatic nitrogens is 4. The standard InChI is InChI=1S/C18H16ClF3N6O/c19-10-6-11-12(8-25-15(11)24-7-10)16-23-4-3-14(27-16)28-5-1-2-13(28)17(29)26-9-18(20,21)22/h3-4,6-8,13H,1-2,5,9H2,(H,24,25)(H,26,29)/t13-/m1/s1. The van der Waals surface area contributed by atoms with Crippen molar-refractivity contribution in [3.05, 3.63) is 35.7 Å². The van der Waals surface area contributed by atoms with E-state index in [2.05, 4.69) is 19.9 Å². The summed E-state index contributed by atoms with van der Waals surface area (Å²) >= 11 is 6.04. The molecule has 29 heavy (non-hydrogen) atoms. The second-order valence-electron chi connectivity index (χ2n) is 6.67. The van der Waals surface area contributed by atoms with Crippen LogP contribution in [0.15, 0.2) is 30.7 Å². The largest absolute Gasteiger partial charge is 0.405 e. The van der Waals surface area contributed by atoms with Crippen LogP contribution in [0.3, 0.4) is 0 Å². The molecule has 7 nitrogen and oxygen atoms in total. The van der Waals surface area contributed by atoms with Crippen molar-refractivity contribution in [2.75, 3.05) is 18.0 Å². The lowest BCUT2D eigenvalue weighted by Gasteiger charge is -2.25. The number of fused-ring (bicyclic) bond motifs is 1. The van der Waals surface area contributed by atoms with E-state index in [1.165, 1.54) is 6.20 Å². The minimum Gasteiger partial charge on any atom is -0.345 e. The number of amides is 1. The second kappa shape index (κ2) is 7.51. The monoisotopic (exact) mass is 424 g/mol. The number of nitrogens with zero attached hydrogens (tertiary/aromatic N) is 4. The molecule has 3 aromatic rings. The first kappa shape index (κ1) is 19.4. The van der Waals surface area contributed by atoms with Crippen molar-refractivity contribution in [2.24, 2.45) is 0 Å². The van der Waals surface area contributed by atoms with Gasteiger partial charge in [0.25, 0.3) is 0 Å². The highest BCUT2D eigenvalue weighted by atomic mass is 35.5. The molecule has 0 aliphatic carbocycles. The van der Waals surface area contributed by atoms with E-state index < -0.39 is 24.7 Å². The Morgan fingerprint density at radius 2 is 2.21 bits per heavy atom. The molecule has 152 valence electrons. The van der Waals surface area contributed by atoms with E-state index in [1.54, 1.807) is 29.4 Å². The summed E-state index contributed by atoms with van der Waals surface area (Å²) in [7, 11) is 0. The number of hydrogen-bond acceptors (Lipinski definition) is 5. The topological polar surface area (TPSA) is 86.8 Å². The number of pyridine rings is 1. The number of aromatic amines is 1. The van der Waals surface area contributed by atoms with Crippen LogP contribution >= 0.6 is 11.6 Å². The number of carbonyl (C=O) groups is 1. The molecule has 1 amide bonds. The summed E-state index contributed by atoms with van der Waals surface area (Å²) < 4.78 is 37.3. The summed E-state index contributed by atoms with van der Waals surface area (Å²) in [6.45, 7) is -0.837. The summed E-state index contributed by atoms with van der Waals surface area (Å²) in [5.74, 6) is 0.214. The smallest absolute Gasteiger partial charge is 0.345 e.